The maximum absolute atomic E-state index is 13.2. The first kappa shape index (κ1) is 20.2. The molecule has 32 heavy (non-hydrogen) atoms. The second kappa shape index (κ2) is 7.73. The van der Waals surface area contributed by atoms with Crippen LogP contribution in [0.3, 0.4) is 0 Å². The number of likely N-dealkylation sites (tertiary alicyclic amines) is 1. The number of methoxy groups -OCH3 is 1. The molecule has 4 heterocycles. The number of imidazole rings is 2. The molecule has 12 nitrogen and oxygen atoms in total. The largest absolute Gasteiger partial charge is 0.389 e. The van der Waals surface area contributed by atoms with Gasteiger partial charge >= 0.3 is 0 Å². The molecule has 0 unspecified atom stereocenters. The van der Waals surface area contributed by atoms with Crippen molar-refractivity contribution in [2.75, 3.05) is 38.3 Å². The highest BCUT2D eigenvalue weighted by molar-refractivity contribution is 5.97. The highest BCUT2D eigenvalue weighted by atomic mass is 16.5. The summed E-state index contributed by atoms with van der Waals surface area (Å²) in [6, 6.07) is 4.98. The number of amides is 1. The number of hydrogen-bond acceptors (Lipinski definition) is 9. The monoisotopic (exact) mass is 437 g/mol. The van der Waals surface area contributed by atoms with Crippen LogP contribution in [0.5, 0.6) is 0 Å². The van der Waals surface area contributed by atoms with E-state index in [-0.39, 0.29) is 30.8 Å². The van der Waals surface area contributed by atoms with Crippen LogP contribution in [0.4, 0.5) is 11.8 Å². The molecule has 1 amide bonds. The first-order valence-corrected chi connectivity index (χ1v) is 10.1. The number of carbonyl (C=O) groups is 1. The lowest BCUT2D eigenvalue weighted by Gasteiger charge is -2.17. The number of anilines is 2. The maximum Gasteiger partial charge on any atom is 0.254 e. The van der Waals surface area contributed by atoms with E-state index >= 15 is 0 Å². The van der Waals surface area contributed by atoms with Crippen molar-refractivity contribution in [1.29, 1.82) is 0 Å². The van der Waals surface area contributed by atoms with Gasteiger partial charge in [-0.1, -0.05) is 0 Å². The van der Waals surface area contributed by atoms with Crippen molar-refractivity contribution in [2.24, 2.45) is 0 Å². The fourth-order valence-electron chi connectivity index (χ4n) is 4.15. The van der Waals surface area contributed by atoms with Gasteiger partial charge in [0.2, 0.25) is 5.95 Å². The molecule has 2 atom stereocenters. The molecule has 0 aliphatic carbocycles. The molecule has 1 aliphatic heterocycles. The van der Waals surface area contributed by atoms with E-state index in [1.54, 1.807) is 35.0 Å². The molecule has 0 radical (unpaired) electrons. The lowest BCUT2D eigenvalue weighted by Crippen LogP contribution is -2.29. The number of hydrogen-bond donors (Lipinski definition) is 3. The predicted molar refractivity (Wildman–Crippen MR) is 117 cm³/mol. The smallest absolute Gasteiger partial charge is 0.254 e. The molecule has 12 heteroatoms. The number of nitrogens with two attached hydrogens (primary N) is 2. The van der Waals surface area contributed by atoms with E-state index < -0.39 is 12.1 Å². The minimum Gasteiger partial charge on any atom is -0.389 e. The molecule has 3 aromatic heterocycles. The number of nitrogens with zero attached hydrogens (tertiary/aromatic N) is 7. The van der Waals surface area contributed by atoms with Crippen molar-refractivity contribution in [1.82, 2.24) is 34.0 Å². The summed E-state index contributed by atoms with van der Waals surface area (Å²) in [5.74, 6) is 0.0123. The molecule has 1 fully saturated rings. The molecule has 0 saturated carbocycles. The number of β-amino-alcohol motifs (C(OH)–C–C–N with tert-alkyl or cyclic N) is 1. The van der Waals surface area contributed by atoms with E-state index in [1.807, 2.05) is 10.6 Å². The summed E-state index contributed by atoms with van der Waals surface area (Å²) in [4.78, 5) is 31.6. The van der Waals surface area contributed by atoms with E-state index in [4.69, 9.17) is 16.2 Å². The van der Waals surface area contributed by atoms with Crippen LogP contribution in [0.25, 0.3) is 22.2 Å². The summed E-state index contributed by atoms with van der Waals surface area (Å²) >= 11 is 0. The minimum atomic E-state index is -0.800. The third-order valence-corrected chi connectivity index (χ3v) is 5.77. The third-order valence-electron chi connectivity index (χ3n) is 5.77. The Labute approximate surface area is 182 Å². The topological polar surface area (TPSA) is 163 Å². The summed E-state index contributed by atoms with van der Waals surface area (Å²) in [6.45, 7) is 1.72. The lowest BCUT2D eigenvalue weighted by molar-refractivity contribution is 0.0765. The van der Waals surface area contributed by atoms with Crippen molar-refractivity contribution in [3.8, 4) is 0 Å². The van der Waals surface area contributed by atoms with Gasteiger partial charge < -0.3 is 35.3 Å². The highest BCUT2D eigenvalue weighted by Crippen LogP contribution is 2.28. The number of benzene rings is 1. The first-order chi connectivity index (χ1) is 15.5. The Kier molecular flexibility index (Phi) is 4.87. The van der Waals surface area contributed by atoms with Crippen molar-refractivity contribution < 1.29 is 14.6 Å². The van der Waals surface area contributed by atoms with Crippen molar-refractivity contribution >= 4 is 39.9 Å². The van der Waals surface area contributed by atoms with E-state index in [0.29, 0.717) is 29.9 Å². The van der Waals surface area contributed by atoms with E-state index in [9.17, 15) is 9.90 Å². The zero-order valence-electron chi connectivity index (χ0n) is 17.4. The zero-order valence-corrected chi connectivity index (χ0v) is 17.4. The molecular formula is C20H23N9O3. The van der Waals surface area contributed by atoms with Gasteiger partial charge in [-0.2, -0.15) is 9.97 Å². The Morgan fingerprint density at radius 2 is 2.06 bits per heavy atom. The Morgan fingerprint density at radius 1 is 1.22 bits per heavy atom. The number of fused-ring (bicyclic) bond motifs is 2. The first-order valence-electron chi connectivity index (χ1n) is 10.1. The summed E-state index contributed by atoms with van der Waals surface area (Å²) < 4.78 is 8.80. The van der Waals surface area contributed by atoms with Gasteiger partial charge in [0, 0.05) is 32.3 Å². The second-order valence-corrected chi connectivity index (χ2v) is 7.77. The third kappa shape index (κ3) is 3.29. The molecule has 4 aromatic rings. The summed E-state index contributed by atoms with van der Waals surface area (Å²) in [5.41, 5.74) is 14.6. The van der Waals surface area contributed by atoms with Crippen molar-refractivity contribution in [3.05, 3.63) is 36.4 Å². The average molecular weight is 437 g/mol. The minimum absolute atomic E-state index is 0.0235. The number of carbonyl (C=O) groups excluding carboxylic acids is 1. The fraction of sp³-hybridized carbons (Fsp3) is 0.350. The molecule has 166 valence electrons. The predicted octanol–water partition coefficient (Wildman–Crippen LogP) is 0.0448. The maximum atomic E-state index is 13.2. The van der Waals surface area contributed by atoms with Crippen LogP contribution in [-0.2, 0) is 11.3 Å². The van der Waals surface area contributed by atoms with Crippen LogP contribution in [0.15, 0.2) is 30.9 Å². The standard InChI is InChI=1S/C20H23N9O3/c1-32-5-4-27-9-23-12-6-11(2-3-13(12)27)19(31)28-7-14(15(30)8-28)29-10-24-16-17(21)25-20(22)26-18(16)29/h2-3,6,9-10,14-15,30H,4-5,7-8H2,1H3,(H4,21,22,25,26)/t14-,15-/m0/s1. The van der Waals surface area contributed by atoms with Gasteiger partial charge in [0.1, 0.15) is 5.52 Å². The number of nitrogen functional groups attached to an aromatic ring is 2. The number of aromatic nitrogens is 6. The van der Waals surface area contributed by atoms with Gasteiger partial charge in [0.25, 0.3) is 5.91 Å². The Hall–Kier alpha value is -3.77. The fourth-order valence-corrected chi connectivity index (χ4v) is 4.15. The molecule has 1 saturated heterocycles. The van der Waals surface area contributed by atoms with E-state index in [1.165, 1.54) is 6.33 Å². The van der Waals surface area contributed by atoms with Crippen molar-refractivity contribution in [2.45, 2.75) is 18.7 Å². The summed E-state index contributed by atoms with van der Waals surface area (Å²) in [6.07, 6.45) is 2.47. The normalized spacial score (nSPS) is 18.8. The highest BCUT2D eigenvalue weighted by Gasteiger charge is 2.36. The number of ether oxygens (including phenoxy) is 1. The molecule has 0 spiro atoms. The van der Waals surface area contributed by atoms with Gasteiger partial charge in [-0.05, 0) is 18.2 Å². The van der Waals surface area contributed by atoms with Crippen LogP contribution in [0, 0.1) is 0 Å². The van der Waals surface area contributed by atoms with Crippen LogP contribution < -0.4 is 11.5 Å². The molecule has 1 aliphatic rings. The Bertz CT molecular complexity index is 1310. The Balaban J connectivity index is 1.39. The van der Waals surface area contributed by atoms with Crippen LogP contribution >= 0.6 is 0 Å². The van der Waals surface area contributed by atoms with Gasteiger partial charge in [-0.25, -0.2) is 9.97 Å². The second-order valence-electron chi connectivity index (χ2n) is 7.77. The quantitative estimate of drug-likeness (QED) is 0.391. The van der Waals surface area contributed by atoms with Crippen LogP contribution in [-0.4, -0.2) is 77.9 Å². The number of rotatable bonds is 5. The average Bonchev–Trinajstić information content (AvgIpc) is 3.47. The van der Waals surface area contributed by atoms with Crippen LogP contribution in [0.1, 0.15) is 16.4 Å². The molecule has 1 aromatic carbocycles. The molecule has 5 N–H and O–H groups in total. The SMILES string of the molecule is COCCn1cnc2cc(C(=O)N3C[C@H](O)[C@@H](n4cnc5c(N)nc(N)nc54)C3)ccc21. The number of aliphatic hydroxyl groups is 1. The van der Waals surface area contributed by atoms with E-state index in [2.05, 4.69) is 19.9 Å². The lowest BCUT2D eigenvalue weighted by atomic mass is 10.1. The van der Waals surface area contributed by atoms with Crippen LogP contribution in [0.2, 0.25) is 0 Å². The molecule has 5 rings (SSSR count). The summed E-state index contributed by atoms with van der Waals surface area (Å²) in [7, 11) is 1.65. The van der Waals surface area contributed by atoms with Gasteiger partial charge in [0.05, 0.1) is 42.4 Å². The molecular weight excluding hydrogens is 414 g/mol. The van der Waals surface area contributed by atoms with Crippen molar-refractivity contribution in [3.63, 3.8) is 0 Å². The number of aliphatic hydroxyl groups excluding tert-OH is 1. The molecule has 0 bridgehead atoms. The van der Waals surface area contributed by atoms with Gasteiger partial charge in [-0.3, -0.25) is 4.79 Å². The van der Waals surface area contributed by atoms with Gasteiger partial charge in [0.15, 0.2) is 11.5 Å². The van der Waals surface area contributed by atoms with E-state index in [0.717, 1.165) is 11.0 Å². The Morgan fingerprint density at radius 3 is 2.88 bits per heavy atom. The van der Waals surface area contributed by atoms with Gasteiger partial charge in [-0.15, -0.1) is 0 Å². The zero-order chi connectivity index (χ0) is 22.4. The summed E-state index contributed by atoms with van der Waals surface area (Å²) in [5, 5.41) is 10.7.